The zero-order valence-electron chi connectivity index (χ0n) is 15.1. The second-order valence-corrected chi connectivity index (χ2v) is 6.15. The summed E-state index contributed by atoms with van der Waals surface area (Å²) < 4.78 is 12.8. The lowest BCUT2D eigenvalue weighted by atomic mass is 10.1. The van der Waals surface area contributed by atoms with Gasteiger partial charge in [-0.15, -0.1) is 0 Å². The maximum Gasteiger partial charge on any atom is 0.271 e. The molecule has 5 nitrogen and oxygen atoms in total. The molecule has 3 aromatic rings. The molecule has 3 rings (SSSR count). The van der Waals surface area contributed by atoms with Gasteiger partial charge in [0.2, 0.25) is 0 Å². The van der Waals surface area contributed by atoms with E-state index >= 15 is 0 Å². The van der Waals surface area contributed by atoms with E-state index in [1.165, 1.54) is 18.3 Å². The van der Waals surface area contributed by atoms with Crippen LogP contribution in [-0.2, 0) is 0 Å². The normalized spacial score (nSPS) is 10.6. The average molecular weight is 375 g/mol. The minimum absolute atomic E-state index is 0.221. The van der Waals surface area contributed by atoms with Crippen molar-refractivity contribution < 1.29 is 14.0 Å². The van der Waals surface area contributed by atoms with Gasteiger partial charge in [0.15, 0.2) is 0 Å². The number of amides is 2. The first-order valence-electron chi connectivity index (χ1n) is 8.58. The van der Waals surface area contributed by atoms with Crippen molar-refractivity contribution in [1.29, 1.82) is 0 Å². The van der Waals surface area contributed by atoms with Crippen LogP contribution in [-0.4, -0.2) is 18.0 Å². The molecule has 140 valence electrons. The maximum absolute atomic E-state index is 12.8. The summed E-state index contributed by atoms with van der Waals surface area (Å²) in [7, 11) is 0. The van der Waals surface area contributed by atoms with Crippen LogP contribution in [0, 0.1) is 12.7 Å². The lowest BCUT2D eigenvalue weighted by Crippen LogP contribution is -2.17. The van der Waals surface area contributed by atoms with Crippen LogP contribution in [0.3, 0.4) is 0 Å². The number of nitrogens with one attached hydrogen (secondary N) is 2. The van der Waals surface area contributed by atoms with Gasteiger partial charge in [0, 0.05) is 16.8 Å². The zero-order valence-corrected chi connectivity index (χ0v) is 15.1. The average Bonchev–Trinajstić information content (AvgIpc) is 2.70. The summed E-state index contributed by atoms with van der Waals surface area (Å²) in [5, 5.41) is 6.63. The maximum atomic E-state index is 12.8. The van der Waals surface area contributed by atoms with Crippen molar-refractivity contribution in [3.8, 4) is 0 Å². The Labute approximate surface area is 161 Å². The van der Waals surface area contributed by atoms with E-state index in [0.717, 1.165) is 5.56 Å². The lowest BCUT2D eigenvalue weighted by Gasteiger charge is -2.06. The van der Waals surface area contributed by atoms with Gasteiger partial charge in [-0.3, -0.25) is 9.59 Å². The summed E-state index contributed by atoms with van der Waals surface area (Å²) in [6.07, 6.45) is 1.42. The Morgan fingerprint density at radius 2 is 1.39 bits per heavy atom. The smallest absolute Gasteiger partial charge is 0.271 e. The minimum atomic E-state index is -0.394. The first-order valence-corrected chi connectivity index (χ1v) is 8.58. The van der Waals surface area contributed by atoms with E-state index in [4.69, 9.17) is 0 Å². The topological polar surface area (TPSA) is 70.6 Å². The molecule has 0 heterocycles. The van der Waals surface area contributed by atoms with E-state index in [2.05, 4.69) is 15.8 Å². The first-order chi connectivity index (χ1) is 13.5. The van der Waals surface area contributed by atoms with Gasteiger partial charge in [-0.25, -0.2) is 9.82 Å². The Morgan fingerprint density at radius 1 is 0.821 bits per heavy atom. The highest BCUT2D eigenvalue weighted by Crippen LogP contribution is 2.12. The molecule has 0 atom stereocenters. The molecule has 0 unspecified atom stereocenters. The largest absolute Gasteiger partial charge is 0.322 e. The van der Waals surface area contributed by atoms with Crippen molar-refractivity contribution in [1.82, 2.24) is 5.43 Å². The third kappa shape index (κ3) is 5.11. The molecule has 0 bridgehead atoms. The number of carbonyl (C=O) groups excluding carboxylic acids is 2. The van der Waals surface area contributed by atoms with Crippen LogP contribution >= 0.6 is 0 Å². The predicted octanol–water partition coefficient (Wildman–Crippen LogP) is 4.15. The molecule has 0 saturated heterocycles. The molecule has 0 aliphatic heterocycles. The Morgan fingerprint density at radius 3 is 2.04 bits per heavy atom. The van der Waals surface area contributed by atoms with Crippen molar-refractivity contribution in [2.45, 2.75) is 6.92 Å². The summed E-state index contributed by atoms with van der Waals surface area (Å²) in [5.41, 5.74) is 5.67. The number of benzene rings is 3. The highest BCUT2D eigenvalue weighted by molar-refractivity contribution is 6.04. The SMILES string of the molecule is Cc1ccc(C(=O)Nc2ccc(C(=O)N/N=C/c3ccc(F)cc3)cc2)cc1. The summed E-state index contributed by atoms with van der Waals surface area (Å²) >= 11 is 0. The molecule has 2 N–H and O–H groups in total. The van der Waals surface area contributed by atoms with E-state index in [-0.39, 0.29) is 11.7 Å². The standard InChI is InChI=1S/C22H18FN3O2/c1-15-2-6-17(7-3-15)21(27)25-20-12-8-18(9-13-20)22(28)26-24-14-16-4-10-19(23)11-5-16/h2-14H,1H3,(H,25,27)(H,26,28)/b24-14+. The van der Waals surface area contributed by atoms with Crippen LogP contribution in [0.15, 0.2) is 77.9 Å². The number of hydrazone groups is 1. The molecular weight excluding hydrogens is 357 g/mol. The molecular formula is C22H18FN3O2. The molecule has 6 heteroatoms. The van der Waals surface area contributed by atoms with Crippen molar-refractivity contribution in [2.24, 2.45) is 5.10 Å². The van der Waals surface area contributed by atoms with Gasteiger partial charge in [0.1, 0.15) is 5.82 Å². The lowest BCUT2D eigenvalue weighted by molar-refractivity contribution is 0.0954. The number of carbonyl (C=O) groups is 2. The highest BCUT2D eigenvalue weighted by atomic mass is 19.1. The Balaban J connectivity index is 1.57. The van der Waals surface area contributed by atoms with Crippen molar-refractivity contribution in [3.63, 3.8) is 0 Å². The molecule has 3 aromatic carbocycles. The van der Waals surface area contributed by atoms with Gasteiger partial charge in [-0.05, 0) is 61.0 Å². The quantitative estimate of drug-likeness (QED) is 0.519. The van der Waals surface area contributed by atoms with Crippen LogP contribution in [0.4, 0.5) is 10.1 Å². The van der Waals surface area contributed by atoms with E-state index in [1.807, 2.05) is 19.1 Å². The van der Waals surface area contributed by atoms with Gasteiger partial charge < -0.3 is 5.32 Å². The fourth-order valence-electron chi connectivity index (χ4n) is 2.39. The number of hydrogen-bond acceptors (Lipinski definition) is 3. The first kappa shape index (κ1) is 19.0. The van der Waals surface area contributed by atoms with Crippen molar-refractivity contribution in [3.05, 3.63) is 101 Å². The van der Waals surface area contributed by atoms with Crippen LogP contribution in [0.25, 0.3) is 0 Å². The summed E-state index contributed by atoms with van der Waals surface area (Å²) in [4.78, 5) is 24.3. The van der Waals surface area contributed by atoms with Gasteiger partial charge in [0.25, 0.3) is 11.8 Å². The third-order valence-electron chi connectivity index (χ3n) is 3.97. The fraction of sp³-hybridized carbons (Fsp3) is 0.0455. The van der Waals surface area contributed by atoms with Crippen molar-refractivity contribution >= 4 is 23.7 Å². The predicted molar refractivity (Wildman–Crippen MR) is 107 cm³/mol. The summed E-state index contributed by atoms with van der Waals surface area (Å²) in [5.74, 6) is -0.952. The Kier molecular flexibility index (Phi) is 5.91. The van der Waals surface area contributed by atoms with Gasteiger partial charge in [-0.1, -0.05) is 29.8 Å². The second kappa shape index (κ2) is 8.73. The molecule has 28 heavy (non-hydrogen) atoms. The van der Waals surface area contributed by atoms with E-state index in [0.29, 0.717) is 22.4 Å². The molecule has 0 aromatic heterocycles. The number of halogens is 1. The van der Waals surface area contributed by atoms with Crippen LogP contribution in [0.5, 0.6) is 0 Å². The second-order valence-electron chi connectivity index (χ2n) is 6.15. The molecule has 0 saturated carbocycles. The molecule has 0 spiro atoms. The van der Waals surface area contributed by atoms with Gasteiger partial charge in [-0.2, -0.15) is 5.10 Å². The molecule has 0 radical (unpaired) electrons. The fourth-order valence-corrected chi connectivity index (χ4v) is 2.39. The van der Waals surface area contributed by atoms with Crippen LogP contribution in [0.1, 0.15) is 31.8 Å². The van der Waals surface area contributed by atoms with Gasteiger partial charge in [0.05, 0.1) is 6.21 Å². The zero-order chi connectivity index (χ0) is 19.9. The highest BCUT2D eigenvalue weighted by Gasteiger charge is 2.07. The molecule has 0 fully saturated rings. The minimum Gasteiger partial charge on any atom is -0.322 e. The number of hydrogen-bond donors (Lipinski definition) is 2. The number of nitrogens with zero attached hydrogens (tertiary/aromatic N) is 1. The molecule has 0 aliphatic rings. The Bertz CT molecular complexity index is 995. The monoisotopic (exact) mass is 375 g/mol. The molecule has 0 aliphatic carbocycles. The van der Waals surface area contributed by atoms with E-state index < -0.39 is 5.91 Å². The van der Waals surface area contributed by atoms with E-state index in [1.54, 1.807) is 48.5 Å². The number of anilines is 1. The summed E-state index contributed by atoms with van der Waals surface area (Å²) in [6.45, 7) is 1.95. The van der Waals surface area contributed by atoms with Crippen LogP contribution < -0.4 is 10.7 Å². The van der Waals surface area contributed by atoms with Crippen LogP contribution in [0.2, 0.25) is 0 Å². The van der Waals surface area contributed by atoms with E-state index in [9.17, 15) is 14.0 Å². The van der Waals surface area contributed by atoms with Gasteiger partial charge >= 0.3 is 0 Å². The third-order valence-corrected chi connectivity index (χ3v) is 3.97. The Hall–Kier alpha value is -3.80. The molecule has 2 amide bonds. The number of rotatable bonds is 5. The summed E-state index contributed by atoms with van der Waals surface area (Å²) in [6, 6.07) is 19.4. The number of aryl methyl sites for hydroxylation is 1. The van der Waals surface area contributed by atoms with Crippen molar-refractivity contribution in [2.75, 3.05) is 5.32 Å².